The summed E-state index contributed by atoms with van der Waals surface area (Å²) in [5.41, 5.74) is 1.60. The van der Waals surface area contributed by atoms with Crippen LogP contribution in [0.3, 0.4) is 0 Å². The summed E-state index contributed by atoms with van der Waals surface area (Å²) in [6.45, 7) is 10.4. The molecule has 1 atom stereocenters. The lowest BCUT2D eigenvalue weighted by molar-refractivity contribution is -0.907. The monoisotopic (exact) mass is 494 g/mol. The number of hydrogen-bond donors (Lipinski definition) is 2. The van der Waals surface area contributed by atoms with E-state index in [1.54, 1.807) is 37.3 Å². The molecular formula is C28H34N2O6. The van der Waals surface area contributed by atoms with Crippen molar-refractivity contribution in [1.82, 2.24) is 4.90 Å². The molecule has 1 amide bonds. The molecule has 4 rings (SSSR count). The molecule has 2 aromatic rings. The number of phenolic OH excluding ortho intramolecular Hbond substituents is 1. The maximum atomic E-state index is 13.8. The Morgan fingerprint density at radius 2 is 1.86 bits per heavy atom. The molecule has 2 N–H and O–H groups in total. The number of nitrogens with zero attached hydrogens (tertiary/aromatic N) is 1. The van der Waals surface area contributed by atoms with Crippen molar-refractivity contribution in [3.63, 3.8) is 0 Å². The van der Waals surface area contributed by atoms with E-state index in [2.05, 4.69) is 13.8 Å². The lowest BCUT2D eigenvalue weighted by atomic mass is 9.94. The molecule has 2 saturated heterocycles. The number of ether oxygens (including phenoxy) is 2. The van der Waals surface area contributed by atoms with E-state index in [1.165, 1.54) is 21.9 Å². The van der Waals surface area contributed by atoms with Crippen molar-refractivity contribution in [2.75, 3.05) is 46.0 Å². The second-order valence-corrected chi connectivity index (χ2v) is 9.86. The highest BCUT2D eigenvalue weighted by Gasteiger charge is 2.44. The molecule has 0 radical (unpaired) electrons. The van der Waals surface area contributed by atoms with Crippen LogP contribution in [0.1, 0.15) is 36.6 Å². The van der Waals surface area contributed by atoms with Gasteiger partial charge in [0, 0.05) is 5.57 Å². The number of phenols is 1. The number of nitrogens with one attached hydrogen (secondary N) is 1. The van der Waals surface area contributed by atoms with E-state index >= 15 is 0 Å². The summed E-state index contributed by atoms with van der Waals surface area (Å²) in [5, 5.41) is 23.5. The van der Waals surface area contributed by atoms with Gasteiger partial charge >= 0.3 is 0 Å². The van der Waals surface area contributed by atoms with Crippen molar-refractivity contribution >= 4 is 17.4 Å². The van der Waals surface area contributed by atoms with Gasteiger partial charge in [0.15, 0.2) is 0 Å². The molecule has 0 aromatic heterocycles. The molecule has 0 spiro atoms. The Balaban J connectivity index is 1.70. The zero-order valence-corrected chi connectivity index (χ0v) is 21.1. The minimum absolute atomic E-state index is 0.0541. The number of benzene rings is 2. The summed E-state index contributed by atoms with van der Waals surface area (Å²) < 4.78 is 11.2. The van der Waals surface area contributed by atoms with Gasteiger partial charge in [0.1, 0.15) is 24.6 Å². The Morgan fingerprint density at radius 1 is 1.17 bits per heavy atom. The third-order valence-electron chi connectivity index (χ3n) is 6.67. The average molecular weight is 495 g/mol. The van der Waals surface area contributed by atoms with Gasteiger partial charge in [0.25, 0.3) is 5.91 Å². The van der Waals surface area contributed by atoms with Gasteiger partial charge in [0.2, 0.25) is 5.78 Å². The van der Waals surface area contributed by atoms with Crippen LogP contribution in [0.25, 0.3) is 5.76 Å². The maximum Gasteiger partial charge on any atom is 0.295 e. The first kappa shape index (κ1) is 25.7. The summed E-state index contributed by atoms with van der Waals surface area (Å²) in [6.07, 6.45) is 0. The molecule has 2 aliphatic heterocycles. The number of quaternary nitrogens is 1. The highest BCUT2D eigenvalue weighted by molar-refractivity contribution is 6.46. The van der Waals surface area contributed by atoms with Gasteiger partial charge in [-0.2, -0.15) is 0 Å². The number of rotatable bonds is 8. The molecule has 2 fully saturated rings. The molecule has 36 heavy (non-hydrogen) atoms. The van der Waals surface area contributed by atoms with Gasteiger partial charge in [-0.15, -0.1) is 0 Å². The quantitative estimate of drug-likeness (QED) is 0.321. The lowest BCUT2D eigenvalue weighted by Gasteiger charge is -2.30. The molecule has 0 aliphatic carbocycles. The SMILES string of the molecule is Cc1cc(OCC(C)C)ccc1C([O-])=C1C(=O)C(=O)N(CC[NH+]2CCOCC2)C1c1ccc(O)cc1. The number of morpholine rings is 1. The van der Waals surface area contributed by atoms with Crippen LogP contribution in [0.2, 0.25) is 0 Å². The second kappa shape index (κ2) is 11.1. The first-order valence-corrected chi connectivity index (χ1v) is 12.5. The van der Waals surface area contributed by atoms with Crippen LogP contribution in [0, 0.1) is 12.8 Å². The number of Topliss-reactive ketones (excluding diaryl/α,β-unsaturated/α-hetero) is 1. The number of ketones is 1. The van der Waals surface area contributed by atoms with Gasteiger partial charge in [-0.3, -0.25) is 9.59 Å². The predicted molar refractivity (Wildman–Crippen MR) is 132 cm³/mol. The molecule has 2 aliphatic rings. The third kappa shape index (κ3) is 5.55. The van der Waals surface area contributed by atoms with Gasteiger partial charge in [-0.1, -0.05) is 37.8 Å². The summed E-state index contributed by atoms with van der Waals surface area (Å²) in [6, 6.07) is 10.7. The molecule has 0 bridgehead atoms. The normalized spacial score (nSPS) is 20.3. The van der Waals surface area contributed by atoms with Crippen LogP contribution in [-0.4, -0.2) is 67.7 Å². The van der Waals surface area contributed by atoms with E-state index in [0.717, 1.165) is 13.1 Å². The maximum absolute atomic E-state index is 13.8. The fraction of sp³-hybridized carbons (Fsp3) is 0.429. The zero-order chi connectivity index (χ0) is 25.8. The lowest BCUT2D eigenvalue weighted by Crippen LogP contribution is -3.14. The van der Waals surface area contributed by atoms with E-state index in [9.17, 15) is 19.8 Å². The predicted octanol–water partition coefficient (Wildman–Crippen LogP) is 0.875. The van der Waals surface area contributed by atoms with Crippen LogP contribution in [-0.2, 0) is 14.3 Å². The molecule has 8 heteroatoms. The van der Waals surface area contributed by atoms with Crippen molar-refractivity contribution in [3.8, 4) is 11.5 Å². The number of carbonyl (C=O) groups excluding carboxylic acids is 2. The van der Waals surface area contributed by atoms with Crippen LogP contribution in [0.15, 0.2) is 48.0 Å². The number of carbonyl (C=O) groups is 2. The summed E-state index contributed by atoms with van der Waals surface area (Å²) in [7, 11) is 0. The highest BCUT2D eigenvalue weighted by Crippen LogP contribution is 2.39. The average Bonchev–Trinajstić information content (AvgIpc) is 3.12. The van der Waals surface area contributed by atoms with Crippen LogP contribution >= 0.6 is 0 Å². The van der Waals surface area contributed by atoms with Crippen LogP contribution in [0.5, 0.6) is 11.5 Å². The van der Waals surface area contributed by atoms with E-state index < -0.39 is 23.5 Å². The van der Waals surface area contributed by atoms with Gasteiger partial charge in [0.05, 0.1) is 39.0 Å². The topological polar surface area (TPSA) is 104 Å². The molecule has 2 aromatic carbocycles. The minimum Gasteiger partial charge on any atom is -0.872 e. The van der Waals surface area contributed by atoms with E-state index in [-0.39, 0.29) is 11.3 Å². The number of aromatic hydroxyl groups is 1. The Hall–Kier alpha value is -3.36. The smallest absolute Gasteiger partial charge is 0.295 e. The van der Waals surface area contributed by atoms with Gasteiger partial charge in [-0.05, 0) is 53.8 Å². The molecule has 0 saturated carbocycles. The first-order valence-electron chi connectivity index (χ1n) is 12.5. The second-order valence-electron chi connectivity index (χ2n) is 9.86. The van der Waals surface area contributed by atoms with Crippen molar-refractivity contribution in [1.29, 1.82) is 0 Å². The number of likely N-dealkylation sites (tertiary alicyclic amines) is 1. The highest BCUT2D eigenvalue weighted by atomic mass is 16.5. The van der Waals surface area contributed by atoms with Crippen molar-refractivity contribution in [3.05, 3.63) is 64.7 Å². The van der Waals surface area contributed by atoms with E-state index in [0.29, 0.717) is 61.3 Å². The Labute approximate surface area is 211 Å². The van der Waals surface area contributed by atoms with Crippen molar-refractivity contribution < 1.29 is 34.2 Å². The molecule has 192 valence electrons. The third-order valence-corrected chi connectivity index (χ3v) is 6.67. The number of aryl methyl sites for hydroxylation is 1. The molecular weight excluding hydrogens is 460 g/mol. The largest absolute Gasteiger partial charge is 0.872 e. The minimum atomic E-state index is -0.810. The Morgan fingerprint density at radius 3 is 2.50 bits per heavy atom. The molecule has 2 heterocycles. The van der Waals surface area contributed by atoms with Crippen LogP contribution < -0.4 is 14.7 Å². The fourth-order valence-corrected chi connectivity index (χ4v) is 4.68. The number of hydrogen-bond acceptors (Lipinski definition) is 6. The first-order chi connectivity index (χ1) is 17.3. The summed E-state index contributed by atoms with van der Waals surface area (Å²) >= 11 is 0. The van der Waals surface area contributed by atoms with Crippen LogP contribution in [0.4, 0.5) is 0 Å². The fourth-order valence-electron chi connectivity index (χ4n) is 4.68. The van der Waals surface area contributed by atoms with E-state index in [1.807, 2.05) is 0 Å². The van der Waals surface area contributed by atoms with Crippen molar-refractivity contribution in [2.45, 2.75) is 26.8 Å². The van der Waals surface area contributed by atoms with Crippen molar-refractivity contribution in [2.24, 2.45) is 5.92 Å². The van der Waals surface area contributed by atoms with Gasteiger partial charge in [-0.25, -0.2) is 0 Å². The summed E-state index contributed by atoms with van der Waals surface area (Å²) in [5.74, 6) is -0.810. The van der Waals surface area contributed by atoms with E-state index in [4.69, 9.17) is 9.47 Å². The Kier molecular flexibility index (Phi) is 7.96. The number of amides is 1. The molecule has 8 nitrogen and oxygen atoms in total. The summed E-state index contributed by atoms with van der Waals surface area (Å²) in [4.78, 5) is 29.2. The molecule has 1 unspecified atom stereocenters. The zero-order valence-electron chi connectivity index (χ0n) is 21.1. The van der Waals surface area contributed by atoms with Gasteiger partial charge < -0.3 is 29.5 Å². The standard InChI is InChI=1S/C28H34N2O6/c1-18(2)17-36-22-8-9-23(19(3)16-22)26(32)24-25(20-4-6-21(31)7-5-20)30(28(34)27(24)33)11-10-29-12-14-35-15-13-29/h4-9,16,18,25,31-32H,10-15,17H2,1-3H3. The Bertz CT molecular complexity index is 1140.